The molecule has 1 saturated heterocycles. The Kier molecular flexibility index (Phi) is 2.56. The molecule has 0 unspecified atom stereocenters. The predicted octanol–water partition coefficient (Wildman–Crippen LogP) is 1.85. The number of nitrogens with one attached hydrogen (secondary N) is 1. The lowest BCUT2D eigenvalue weighted by Crippen LogP contribution is -2.42. The summed E-state index contributed by atoms with van der Waals surface area (Å²) in [6.07, 6.45) is 8.50. The van der Waals surface area contributed by atoms with E-state index in [2.05, 4.69) is 15.2 Å². The number of hydrogen-bond donors (Lipinski definition) is 1. The number of aliphatic imine (C=N–C) groups is 1. The molecule has 1 heterocycles. The van der Waals surface area contributed by atoms with Crippen molar-refractivity contribution in [2.24, 2.45) is 16.3 Å². The molecule has 90 valence electrons. The van der Waals surface area contributed by atoms with Crippen LogP contribution in [0.5, 0.6) is 0 Å². The van der Waals surface area contributed by atoms with Gasteiger partial charge in [-0.25, -0.2) is 0 Å². The van der Waals surface area contributed by atoms with E-state index in [0.717, 1.165) is 11.9 Å². The largest absolute Gasteiger partial charge is 0.356 e. The van der Waals surface area contributed by atoms with Gasteiger partial charge in [0.2, 0.25) is 0 Å². The fraction of sp³-hybridized carbons (Fsp3) is 0.923. The van der Waals surface area contributed by atoms with E-state index in [-0.39, 0.29) is 0 Å². The summed E-state index contributed by atoms with van der Waals surface area (Å²) in [5.74, 6) is 2.18. The maximum absolute atomic E-state index is 4.41. The van der Waals surface area contributed by atoms with Gasteiger partial charge in [-0.05, 0) is 49.9 Å². The van der Waals surface area contributed by atoms with Crippen molar-refractivity contribution in [3.8, 4) is 0 Å². The van der Waals surface area contributed by atoms with Gasteiger partial charge in [-0.3, -0.25) is 4.99 Å². The highest BCUT2D eigenvalue weighted by Gasteiger charge is 2.53. The van der Waals surface area contributed by atoms with Crippen LogP contribution in [0.1, 0.15) is 38.5 Å². The van der Waals surface area contributed by atoms with Crippen molar-refractivity contribution in [3.05, 3.63) is 0 Å². The van der Waals surface area contributed by atoms with Gasteiger partial charge in [-0.2, -0.15) is 0 Å². The molecule has 3 nitrogen and oxygen atoms in total. The first-order chi connectivity index (χ1) is 7.84. The van der Waals surface area contributed by atoms with Crippen LogP contribution in [-0.4, -0.2) is 37.5 Å². The predicted molar refractivity (Wildman–Crippen MR) is 66.6 cm³/mol. The third-order valence-corrected chi connectivity index (χ3v) is 4.55. The summed E-state index contributed by atoms with van der Waals surface area (Å²) in [7, 11) is 1.91. The molecule has 2 saturated carbocycles. The summed E-state index contributed by atoms with van der Waals surface area (Å²) in [4.78, 5) is 6.82. The Bertz CT molecular complexity index is 284. The van der Waals surface area contributed by atoms with Gasteiger partial charge in [-0.15, -0.1) is 0 Å². The van der Waals surface area contributed by atoms with Crippen LogP contribution in [0.4, 0.5) is 0 Å². The summed E-state index contributed by atoms with van der Waals surface area (Å²) < 4.78 is 0. The van der Waals surface area contributed by atoms with Crippen molar-refractivity contribution in [2.75, 3.05) is 26.7 Å². The lowest BCUT2D eigenvalue weighted by molar-refractivity contribution is 0.413. The number of likely N-dealkylation sites (tertiary alicyclic amines) is 1. The fourth-order valence-electron chi connectivity index (χ4n) is 3.10. The average Bonchev–Trinajstić information content (AvgIpc) is 3.19. The van der Waals surface area contributed by atoms with E-state index in [1.807, 2.05) is 7.05 Å². The SMILES string of the molecule is CN=C(NCC1(C2CC2)CC1)N1CCCC1. The lowest BCUT2D eigenvalue weighted by Gasteiger charge is -2.23. The number of hydrogen-bond acceptors (Lipinski definition) is 1. The van der Waals surface area contributed by atoms with Gasteiger partial charge >= 0.3 is 0 Å². The Hall–Kier alpha value is -0.730. The zero-order valence-electron chi connectivity index (χ0n) is 10.3. The molecule has 0 amide bonds. The monoisotopic (exact) mass is 221 g/mol. The normalized spacial score (nSPS) is 28.3. The molecule has 0 aromatic rings. The third-order valence-electron chi connectivity index (χ3n) is 4.55. The molecule has 2 aliphatic carbocycles. The van der Waals surface area contributed by atoms with Crippen molar-refractivity contribution in [1.82, 2.24) is 10.2 Å². The highest BCUT2D eigenvalue weighted by atomic mass is 15.3. The minimum Gasteiger partial charge on any atom is -0.356 e. The number of nitrogens with zero attached hydrogens (tertiary/aromatic N) is 2. The molecule has 1 N–H and O–H groups in total. The molecule has 3 rings (SSSR count). The van der Waals surface area contributed by atoms with Crippen molar-refractivity contribution in [1.29, 1.82) is 0 Å². The summed E-state index contributed by atoms with van der Waals surface area (Å²) in [5.41, 5.74) is 0.676. The Morgan fingerprint density at radius 2 is 2.00 bits per heavy atom. The fourth-order valence-corrected chi connectivity index (χ4v) is 3.10. The van der Waals surface area contributed by atoms with E-state index >= 15 is 0 Å². The Morgan fingerprint density at radius 1 is 1.31 bits per heavy atom. The maximum Gasteiger partial charge on any atom is 0.193 e. The lowest BCUT2D eigenvalue weighted by atomic mass is 10.0. The quantitative estimate of drug-likeness (QED) is 0.582. The van der Waals surface area contributed by atoms with Gasteiger partial charge in [0.15, 0.2) is 5.96 Å². The van der Waals surface area contributed by atoms with Crippen LogP contribution >= 0.6 is 0 Å². The standard InChI is InChI=1S/C13H23N3/c1-14-12(16-8-2-3-9-16)15-10-13(6-7-13)11-4-5-11/h11H,2-10H2,1H3,(H,14,15). The van der Waals surface area contributed by atoms with Crippen LogP contribution in [0, 0.1) is 11.3 Å². The van der Waals surface area contributed by atoms with E-state index in [9.17, 15) is 0 Å². The van der Waals surface area contributed by atoms with E-state index in [1.165, 1.54) is 58.2 Å². The van der Waals surface area contributed by atoms with Crippen LogP contribution in [0.25, 0.3) is 0 Å². The first-order valence-electron chi connectivity index (χ1n) is 6.80. The molecule has 0 radical (unpaired) electrons. The summed E-state index contributed by atoms with van der Waals surface area (Å²) in [6.45, 7) is 3.55. The zero-order chi connectivity index (χ0) is 11.0. The second-order valence-corrected chi connectivity index (χ2v) is 5.73. The Balaban J connectivity index is 1.52. The van der Waals surface area contributed by atoms with Crippen LogP contribution in [0.3, 0.4) is 0 Å². The van der Waals surface area contributed by atoms with Gasteiger partial charge in [0.05, 0.1) is 0 Å². The van der Waals surface area contributed by atoms with Crippen molar-refractivity contribution < 1.29 is 0 Å². The molecular formula is C13H23N3. The number of guanidine groups is 1. The first kappa shape index (κ1) is 10.4. The van der Waals surface area contributed by atoms with E-state index in [4.69, 9.17) is 0 Å². The third kappa shape index (κ3) is 1.92. The van der Waals surface area contributed by atoms with E-state index in [1.54, 1.807) is 0 Å². The highest BCUT2D eigenvalue weighted by Crippen LogP contribution is 2.60. The van der Waals surface area contributed by atoms with Gasteiger partial charge in [0.25, 0.3) is 0 Å². The van der Waals surface area contributed by atoms with E-state index in [0.29, 0.717) is 5.41 Å². The molecule has 3 aliphatic rings. The Morgan fingerprint density at radius 3 is 2.50 bits per heavy atom. The molecule has 0 bridgehead atoms. The van der Waals surface area contributed by atoms with Gasteiger partial charge in [0.1, 0.15) is 0 Å². The molecule has 0 atom stereocenters. The minimum atomic E-state index is 0.676. The molecule has 1 aliphatic heterocycles. The second-order valence-electron chi connectivity index (χ2n) is 5.73. The molecule has 3 fully saturated rings. The summed E-state index contributed by atoms with van der Waals surface area (Å²) in [5, 5.41) is 3.61. The van der Waals surface area contributed by atoms with Gasteiger partial charge < -0.3 is 10.2 Å². The van der Waals surface area contributed by atoms with Crippen molar-refractivity contribution in [2.45, 2.75) is 38.5 Å². The Labute approximate surface area is 98.3 Å². The maximum atomic E-state index is 4.41. The first-order valence-corrected chi connectivity index (χ1v) is 6.80. The van der Waals surface area contributed by atoms with Gasteiger partial charge in [0, 0.05) is 26.7 Å². The van der Waals surface area contributed by atoms with Crippen molar-refractivity contribution in [3.63, 3.8) is 0 Å². The van der Waals surface area contributed by atoms with Gasteiger partial charge in [-0.1, -0.05) is 0 Å². The minimum absolute atomic E-state index is 0.676. The van der Waals surface area contributed by atoms with Crippen LogP contribution in [0.2, 0.25) is 0 Å². The van der Waals surface area contributed by atoms with Crippen LogP contribution in [0.15, 0.2) is 4.99 Å². The zero-order valence-corrected chi connectivity index (χ0v) is 10.3. The molecule has 0 aromatic heterocycles. The molecule has 0 spiro atoms. The van der Waals surface area contributed by atoms with Crippen LogP contribution in [-0.2, 0) is 0 Å². The highest BCUT2D eigenvalue weighted by molar-refractivity contribution is 5.80. The summed E-state index contributed by atoms with van der Waals surface area (Å²) >= 11 is 0. The average molecular weight is 221 g/mol. The molecular weight excluding hydrogens is 198 g/mol. The second kappa shape index (κ2) is 3.94. The topological polar surface area (TPSA) is 27.6 Å². The molecule has 16 heavy (non-hydrogen) atoms. The molecule has 0 aromatic carbocycles. The number of rotatable bonds is 3. The molecule has 3 heteroatoms. The summed E-state index contributed by atoms with van der Waals surface area (Å²) in [6, 6.07) is 0. The van der Waals surface area contributed by atoms with E-state index < -0.39 is 0 Å². The van der Waals surface area contributed by atoms with Crippen molar-refractivity contribution >= 4 is 5.96 Å². The van der Waals surface area contributed by atoms with Crippen LogP contribution < -0.4 is 5.32 Å². The smallest absolute Gasteiger partial charge is 0.193 e.